The molecule has 1 unspecified atom stereocenters. The lowest BCUT2D eigenvalue weighted by Gasteiger charge is -2.37. The lowest BCUT2D eigenvalue weighted by molar-refractivity contribution is 0.141. The number of piperidine rings is 1. The van der Waals surface area contributed by atoms with Crippen LogP contribution in [-0.4, -0.2) is 66.9 Å². The van der Waals surface area contributed by atoms with Gasteiger partial charge in [0.15, 0.2) is 0 Å². The third-order valence-electron chi connectivity index (χ3n) is 6.90. The van der Waals surface area contributed by atoms with E-state index in [2.05, 4.69) is 22.8 Å². The normalized spacial score (nSPS) is 19.4. The van der Waals surface area contributed by atoms with Gasteiger partial charge in [-0.25, -0.2) is 22.8 Å². The number of piperazine rings is 1. The Labute approximate surface area is 200 Å². The second-order valence-corrected chi connectivity index (χ2v) is 11.0. The van der Waals surface area contributed by atoms with E-state index in [-0.39, 0.29) is 10.9 Å². The van der Waals surface area contributed by atoms with Crippen LogP contribution in [0.2, 0.25) is 0 Å². The molecule has 0 N–H and O–H groups in total. The van der Waals surface area contributed by atoms with E-state index in [1.807, 2.05) is 18.2 Å². The fourth-order valence-electron chi connectivity index (χ4n) is 4.86. The summed E-state index contributed by atoms with van der Waals surface area (Å²) < 4.78 is 40.6. The quantitative estimate of drug-likeness (QED) is 0.550. The van der Waals surface area contributed by atoms with Gasteiger partial charge in [0.05, 0.1) is 16.5 Å². The topological polar surface area (TPSA) is 69.6 Å². The smallest absolute Gasteiger partial charge is 0.243 e. The molecule has 2 aliphatic heterocycles. The Morgan fingerprint density at radius 3 is 2.24 bits per heavy atom. The van der Waals surface area contributed by atoms with Gasteiger partial charge in [-0.3, -0.25) is 4.90 Å². The molecule has 0 amide bonds. The van der Waals surface area contributed by atoms with E-state index < -0.39 is 15.8 Å². The fourth-order valence-corrected chi connectivity index (χ4v) is 6.28. The minimum absolute atomic E-state index is 0.0381. The molecular formula is C25H30FN5O2S. The highest BCUT2D eigenvalue weighted by atomic mass is 32.2. The standard InChI is InChI=1S/C25H30FN5O2S/c1-19(29-15-17-31(18-16-29)34(32,33)21-11-9-20(26)10-12-21)24-27-23-8-4-3-7-22(23)25(28-24)30-13-5-2-6-14-30/h3-4,7-12,19H,2,5-6,13-18H2,1H3. The molecule has 1 aromatic heterocycles. The maximum atomic E-state index is 13.2. The number of fused-ring (bicyclic) bond motifs is 1. The molecule has 2 aromatic carbocycles. The molecule has 3 heterocycles. The van der Waals surface area contributed by atoms with Crippen LogP contribution >= 0.6 is 0 Å². The Morgan fingerprint density at radius 1 is 0.853 bits per heavy atom. The number of sulfonamides is 1. The molecule has 7 nitrogen and oxygen atoms in total. The molecule has 0 radical (unpaired) electrons. The lowest BCUT2D eigenvalue weighted by atomic mass is 10.1. The van der Waals surface area contributed by atoms with E-state index in [0.717, 1.165) is 35.6 Å². The van der Waals surface area contributed by atoms with Crippen LogP contribution < -0.4 is 4.90 Å². The van der Waals surface area contributed by atoms with Crippen molar-refractivity contribution in [1.82, 2.24) is 19.2 Å². The SMILES string of the molecule is CC(c1nc(N2CCCCC2)c2ccccc2n1)N1CCN(S(=O)(=O)c2ccc(F)cc2)CC1. The third kappa shape index (κ3) is 4.52. The number of anilines is 1. The summed E-state index contributed by atoms with van der Waals surface area (Å²) in [7, 11) is -3.64. The molecule has 0 bridgehead atoms. The molecule has 3 aromatic rings. The molecule has 2 saturated heterocycles. The first kappa shape index (κ1) is 23.1. The van der Waals surface area contributed by atoms with Crippen molar-refractivity contribution in [1.29, 1.82) is 0 Å². The zero-order valence-corrected chi connectivity index (χ0v) is 20.2. The molecule has 34 heavy (non-hydrogen) atoms. The van der Waals surface area contributed by atoms with Gasteiger partial charge < -0.3 is 4.90 Å². The molecule has 0 aliphatic carbocycles. The van der Waals surface area contributed by atoms with Crippen LogP contribution in [0.3, 0.4) is 0 Å². The van der Waals surface area contributed by atoms with Crippen LogP contribution in [0.25, 0.3) is 10.9 Å². The summed E-state index contributed by atoms with van der Waals surface area (Å²) in [6, 6.07) is 13.1. The van der Waals surface area contributed by atoms with Crippen molar-refractivity contribution in [3.05, 3.63) is 60.2 Å². The minimum atomic E-state index is -3.64. The van der Waals surface area contributed by atoms with Crippen LogP contribution in [0.5, 0.6) is 0 Å². The Balaban J connectivity index is 1.35. The number of benzene rings is 2. The van der Waals surface area contributed by atoms with Crippen LogP contribution in [0.15, 0.2) is 53.4 Å². The van der Waals surface area contributed by atoms with Crippen LogP contribution in [-0.2, 0) is 10.0 Å². The van der Waals surface area contributed by atoms with E-state index in [9.17, 15) is 12.8 Å². The first-order chi connectivity index (χ1) is 16.4. The van der Waals surface area contributed by atoms with Gasteiger partial charge in [0.25, 0.3) is 0 Å². The second kappa shape index (κ2) is 9.56. The van der Waals surface area contributed by atoms with Crippen molar-refractivity contribution in [2.24, 2.45) is 0 Å². The van der Waals surface area contributed by atoms with Crippen LogP contribution in [0.1, 0.15) is 38.1 Å². The van der Waals surface area contributed by atoms with Crippen LogP contribution in [0.4, 0.5) is 10.2 Å². The predicted octanol–water partition coefficient (Wildman–Crippen LogP) is 3.83. The highest BCUT2D eigenvalue weighted by Gasteiger charge is 2.31. The summed E-state index contributed by atoms with van der Waals surface area (Å²) in [5, 5.41) is 1.08. The molecule has 9 heteroatoms. The number of nitrogens with zero attached hydrogens (tertiary/aromatic N) is 5. The van der Waals surface area contributed by atoms with E-state index in [1.54, 1.807) is 0 Å². The zero-order chi connectivity index (χ0) is 23.7. The summed E-state index contributed by atoms with van der Waals surface area (Å²) in [5.74, 6) is 1.33. The van der Waals surface area contributed by atoms with E-state index in [0.29, 0.717) is 26.2 Å². The molecule has 0 spiro atoms. The second-order valence-electron chi connectivity index (χ2n) is 9.04. The number of hydrogen-bond acceptors (Lipinski definition) is 6. The maximum absolute atomic E-state index is 13.2. The highest BCUT2D eigenvalue weighted by molar-refractivity contribution is 7.89. The van der Waals surface area contributed by atoms with Gasteiger partial charge in [0, 0.05) is 44.7 Å². The Hall–Kier alpha value is -2.62. The van der Waals surface area contributed by atoms with Gasteiger partial charge in [0.2, 0.25) is 10.0 Å². The summed E-state index contributed by atoms with van der Waals surface area (Å²) in [6.07, 6.45) is 3.61. The van der Waals surface area contributed by atoms with Crippen molar-refractivity contribution in [2.45, 2.75) is 37.1 Å². The van der Waals surface area contributed by atoms with Gasteiger partial charge in [-0.1, -0.05) is 12.1 Å². The monoisotopic (exact) mass is 483 g/mol. The summed E-state index contributed by atoms with van der Waals surface area (Å²) in [5.41, 5.74) is 0.942. The van der Waals surface area contributed by atoms with Gasteiger partial charge in [-0.15, -0.1) is 0 Å². The Bertz CT molecular complexity index is 1250. The van der Waals surface area contributed by atoms with Crippen molar-refractivity contribution >= 4 is 26.7 Å². The summed E-state index contributed by atoms with van der Waals surface area (Å²) in [6.45, 7) is 6.01. The molecular weight excluding hydrogens is 453 g/mol. The largest absolute Gasteiger partial charge is 0.356 e. The zero-order valence-electron chi connectivity index (χ0n) is 19.4. The van der Waals surface area contributed by atoms with Crippen molar-refractivity contribution in [3.63, 3.8) is 0 Å². The van der Waals surface area contributed by atoms with E-state index in [1.165, 1.54) is 47.8 Å². The Morgan fingerprint density at radius 2 is 1.53 bits per heavy atom. The number of rotatable bonds is 5. The molecule has 1 atom stereocenters. The lowest BCUT2D eigenvalue weighted by Crippen LogP contribution is -2.49. The molecule has 5 rings (SSSR count). The van der Waals surface area contributed by atoms with Gasteiger partial charge in [-0.05, 0) is 62.6 Å². The number of halogens is 1. The minimum Gasteiger partial charge on any atom is -0.356 e. The molecule has 0 saturated carbocycles. The highest BCUT2D eigenvalue weighted by Crippen LogP contribution is 2.30. The number of para-hydroxylation sites is 1. The summed E-state index contributed by atoms with van der Waals surface area (Å²) >= 11 is 0. The third-order valence-corrected chi connectivity index (χ3v) is 8.81. The summed E-state index contributed by atoms with van der Waals surface area (Å²) in [4.78, 5) is 14.6. The first-order valence-corrected chi connectivity index (χ1v) is 13.4. The number of aromatic nitrogens is 2. The maximum Gasteiger partial charge on any atom is 0.243 e. The van der Waals surface area contributed by atoms with Gasteiger partial charge in [-0.2, -0.15) is 4.31 Å². The fraction of sp³-hybridized carbons (Fsp3) is 0.440. The predicted molar refractivity (Wildman–Crippen MR) is 131 cm³/mol. The van der Waals surface area contributed by atoms with Crippen molar-refractivity contribution in [3.8, 4) is 0 Å². The molecule has 2 fully saturated rings. The average molecular weight is 484 g/mol. The van der Waals surface area contributed by atoms with Gasteiger partial charge in [0.1, 0.15) is 17.5 Å². The van der Waals surface area contributed by atoms with Crippen molar-refractivity contribution < 1.29 is 12.8 Å². The molecule has 180 valence electrons. The Kier molecular flexibility index (Phi) is 6.50. The van der Waals surface area contributed by atoms with E-state index in [4.69, 9.17) is 9.97 Å². The van der Waals surface area contributed by atoms with Gasteiger partial charge >= 0.3 is 0 Å². The first-order valence-electron chi connectivity index (χ1n) is 11.9. The molecule has 2 aliphatic rings. The van der Waals surface area contributed by atoms with Crippen molar-refractivity contribution in [2.75, 3.05) is 44.2 Å². The number of hydrogen-bond donors (Lipinski definition) is 0. The van der Waals surface area contributed by atoms with Crippen LogP contribution in [0, 0.1) is 5.82 Å². The van der Waals surface area contributed by atoms with E-state index >= 15 is 0 Å². The average Bonchev–Trinajstić information content (AvgIpc) is 2.88.